The van der Waals surface area contributed by atoms with E-state index in [-0.39, 0.29) is 6.04 Å². The highest BCUT2D eigenvalue weighted by atomic mass is 16.5. The zero-order chi connectivity index (χ0) is 19.1. The van der Waals surface area contributed by atoms with Crippen LogP contribution >= 0.6 is 0 Å². The maximum atomic E-state index is 5.68. The number of hydrogen-bond acceptors (Lipinski definition) is 4. The molecule has 2 aliphatic rings. The average Bonchev–Trinajstić information content (AvgIpc) is 2.71. The number of hydrogen-bond donors (Lipinski definition) is 1. The topological polar surface area (TPSA) is 41.4 Å². The first-order valence-electron chi connectivity index (χ1n) is 9.17. The summed E-state index contributed by atoms with van der Waals surface area (Å²) in [6.45, 7) is 3.23. The summed E-state index contributed by atoms with van der Waals surface area (Å²) in [5.41, 5.74) is 3.97. The van der Waals surface area contributed by atoms with Gasteiger partial charge in [0.15, 0.2) is 23.0 Å². The van der Waals surface area contributed by atoms with Crippen molar-refractivity contribution in [3.05, 3.63) is 45.8 Å². The van der Waals surface area contributed by atoms with Crippen molar-refractivity contribution in [1.29, 1.82) is 0 Å². The van der Waals surface area contributed by atoms with Gasteiger partial charge in [-0.3, -0.25) is 4.90 Å². The monoisotopic (exact) mass is 368 g/mol. The summed E-state index contributed by atoms with van der Waals surface area (Å²) in [6, 6.07) is 8.65. The van der Waals surface area contributed by atoms with E-state index in [4.69, 9.17) is 18.9 Å². The molecule has 5 heteroatoms. The van der Waals surface area contributed by atoms with Crippen molar-refractivity contribution in [2.45, 2.75) is 19.4 Å². The normalized spacial score (nSPS) is 20.0. The molecule has 2 unspecified atom stereocenters. The molecule has 0 radical (unpaired) electrons. The Labute approximate surface area is 159 Å². The Kier molecular flexibility index (Phi) is 4.48. The van der Waals surface area contributed by atoms with Gasteiger partial charge in [-0.15, -0.1) is 0 Å². The molecule has 0 amide bonds. The van der Waals surface area contributed by atoms with Crippen LogP contribution in [0.25, 0.3) is 11.8 Å². The third-order valence-corrected chi connectivity index (χ3v) is 5.78. The minimum atomic E-state index is 0.263. The largest absolute Gasteiger partial charge is 0.493 e. The van der Waals surface area contributed by atoms with Gasteiger partial charge in [0.25, 0.3) is 0 Å². The fourth-order valence-corrected chi connectivity index (χ4v) is 4.49. The van der Waals surface area contributed by atoms with E-state index in [0.29, 0.717) is 0 Å². The van der Waals surface area contributed by atoms with E-state index in [1.165, 1.54) is 26.8 Å². The highest BCUT2D eigenvalue weighted by molar-refractivity contribution is 5.61. The molecule has 1 N–H and O–H groups in total. The summed E-state index contributed by atoms with van der Waals surface area (Å²) in [5.74, 6) is 3.15. The van der Waals surface area contributed by atoms with Crippen LogP contribution in [-0.4, -0.2) is 35.0 Å². The van der Waals surface area contributed by atoms with E-state index < -0.39 is 0 Å². The molecule has 0 aromatic heterocycles. The number of quaternary nitrogens is 1. The Bertz CT molecular complexity index is 1010. The number of methoxy groups -OCH3 is 4. The van der Waals surface area contributed by atoms with Crippen LogP contribution < -0.4 is 34.3 Å². The van der Waals surface area contributed by atoms with Crippen LogP contribution in [0.15, 0.2) is 24.3 Å². The zero-order valence-electron chi connectivity index (χ0n) is 16.5. The van der Waals surface area contributed by atoms with Gasteiger partial charge < -0.3 is 18.9 Å². The van der Waals surface area contributed by atoms with Crippen molar-refractivity contribution < 1.29 is 23.8 Å². The molecule has 0 spiro atoms. The molecule has 27 heavy (non-hydrogen) atoms. The van der Waals surface area contributed by atoms with Crippen molar-refractivity contribution >= 4 is 11.8 Å². The molecule has 2 atom stereocenters. The molecule has 0 aliphatic carbocycles. The summed E-state index contributed by atoms with van der Waals surface area (Å²) in [4.78, 5) is 1.41. The molecular formula is C22H26NO4+. The van der Waals surface area contributed by atoms with E-state index in [1.807, 2.05) is 6.07 Å². The Morgan fingerprint density at radius 3 is 2.26 bits per heavy atom. The zero-order valence-corrected chi connectivity index (χ0v) is 16.5. The SMILES string of the molecule is COc1cc2c(cc1OC)C1C(C)=c3ccc(OC)c(OC)c3=C[NH+]1CC2. The molecule has 0 fully saturated rings. The molecule has 4 rings (SSSR count). The van der Waals surface area contributed by atoms with Crippen molar-refractivity contribution in [1.82, 2.24) is 0 Å². The van der Waals surface area contributed by atoms with Crippen LogP contribution in [0.2, 0.25) is 0 Å². The highest BCUT2D eigenvalue weighted by Crippen LogP contribution is 2.36. The highest BCUT2D eigenvalue weighted by Gasteiger charge is 2.35. The molecule has 2 heterocycles. The maximum Gasteiger partial charge on any atom is 0.173 e. The Balaban J connectivity index is 1.95. The molecular weight excluding hydrogens is 342 g/mol. The van der Waals surface area contributed by atoms with Crippen LogP contribution in [0.4, 0.5) is 0 Å². The quantitative estimate of drug-likeness (QED) is 0.868. The van der Waals surface area contributed by atoms with Crippen LogP contribution in [0, 0.1) is 0 Å². The Hall–Kier alpha value is -2.66. The van der Waals surface area contributed by atoms with Crippen LogP contribution in [0.1, 0.15) is 24.1 Å². The Morgan fingerprint density at radius 2 is 1.59 bits per heavy atom. The van der Waals surface area contributed by atoms with Gasteiger partial charge >= 0.3 is 0 Å². The standard InChI is InChI=1S/C22H25NO4/c1-13-15-6-7-18(24-2)22(27-5)17(15)12-23-9-8-14-10-19(25-3)20(26-4)11-16(14)21(13)23/h6-7,10-12,21H,8-9H2,1-5H3/p+1. The van der Waals surface area contributed by atoms with E-state index in [2.05, 4.69) is 31.3 Å². The van der Waals surface area contributed by atoms with Crippen molar-refractivity contribution in [2.24, 2.45) is 0 Å². The number of ether oxygens (including phenoxy) is 4. The van der Waals surface area contributed by atoms with Gasteiger partial charge in [0, 0.05) is 12.0 Å². The van der Waals surface area contributed by atoms with Crippen LogP contribution in [-0.2, 0) is 6.42 Å². The lowest BCUT2D eigenvalue weighted by Crippen LogP contribution is -3.10. The number of nitrogens with one attached hydrogen (secondary N) is 1. The third-order valence-electron chi connectivity index (χ3n) is 5.78. The van der Waals surface area contributed by atoms with Gasteiger partial charge in [0.05, 0.1) is 40.2 Å². The van der Waals surface area contributed by atoms with Crippen LogP contribution in [0.3, 0.4) is 0 Å². The van der Waals surface area contributed by atoms with Gasteiger partial charge in [-0.2, -0.15) is 0 Å². The molecule has 2 aromatic carbocycles. The third kappa shape index (κ3) is 2.65. The molecule has 0 bridgehead atoms. The molecule has 5 nitrogen and oxygen atoms in total. The second kappa shape index (κ2) is 6.82. The predicted octanol–water partition coefficient (Wildman–Crippen LogP) is 0.826. The maximum absolute atomic E-state index is 5.68. The predicted molar refractivity (Wildman–Crippen MR) is 104 cm³/mol. The molecule has 0 saturated heterocycles. The molecule has 2 aliphatic heterocycles. The smallest absolute Gasteiger partial charge is 0.173 e. The first-order valence-corrected chi connectivity index (χ1v) is 9.17. The van der Waals surface area contributed by atoms with Gasteiger partial charge in [-0.1, -0.05) is 6.07 Å². The second-order valence-electron chi connectivity index (χ2n) is 7.00. The first kappa shape index (κ1) is 17.7. The number of fused-ring (bicyclic) bond motifs is 4. The molecule has 142 valence electrons. The van der Waals surface area contributed by atoms with E-state index in [9.17, 15) is 0 Å². The lowest BCUT2D eigenvalue weighted by Gasteiger charge is -2.35. The van der Waals surface area contributed by atoms with Gasteiger partial charge in [-0.25, -0.2) is 0 Å². The van der Waals surface area contributed by atoms with Gasteiger partial charge in [0.2, 0.25) is 0 Å². The fourth-order valence-electron chi connectivity index (χ4n) is 4.49. The summed E-state index contributed by atoms with van der Waals surface area (Å²) in [7, 11) is 6.75. The Morgan fingerprint density at radius 1 is 0.889 bits per heavy atom. The van der Waals surface area contributed by atoms with E-state index in [0.717, 1.165) is 41.2 Å². The van der Waals surface area contributed by atoms with E-state index in [1.54, 1.807) is 28.4 Å². The summed E-state index contributed by atoms with van der Waals surface area (Å²) in [5, 5.41) is 2.33. The van der Waals surface area contributed by atoms with Crippen molar-refractivity contribution in [2.75, 3.05) is 35.0 Å². The first-order chi connectivity index (χ1) is 13.1. The fraction of sp³-hybridized carbons (Fsp3) is 0.364. The van der Waals surface area contributed by atoms with Gasteiger partial charge in [0.1, 0.15) is 12.2 Å². The van der Waals surface area contributed by atoms with Crippen molar-refractivity contribution in [3.63, 3.8) is 0 Å². The summed E-state index contributed by atoms with van der Waals surface area (Å²) in [6.07, 6.45) is 3.28. The summed E-state index contributed by atoms with van der Waals surface area (Å²) < 4.78 is 22.2. The van der Waals surface area contributed by atoms with E-state index >= 15 is 0 Å². The lowest BCUT2D eigenvalue weighted by atomic mass is 9.85. The molecule has 0 saturated carbocycles. The van der Waals surface area contributed by atoms with Crippen LogP contribution in [0.5, 0.6) is 23.0 Å². The minimum Gasteiger partial charge on any atom is -0.493 e. The molecule has 2 aromatic rings. The minimum absolute atomic E-state index is 0.263. The average molecular weight is 368 g/mol. The lowest BCUT2D eigenvalue weighted by molar-refractivity contribution is -0.845. The second-order valence-corrected chi connectivity index (χ2v) is 7.00. The number of benzene rings is 2. The summed E-state index contributed by atoms with van der Waals surface area (Å²) >= 11 is 0. The van der Waals surface area contributed by atoms with Crippen molar-refractivity contribution in [3.8, 4) is 23.0 Å². The number of rotatable bonds is 4. The van der Waals surface area contributed by atoms with Gasteiger partial charge in [-0.05, 0) is 41.5 Å².